The topological polar surface area (TPSA) is 46.6 Å². The Labute approximate surface area is 124 Å². The van der Waals surface area contributed by atoms with Crippen LogP contribution >= 0.6 is 0 Å². The van der Waals surface area contributed by atoms with Crippen LogP contribution in [-0.2, 0) is 16.1 Å². The lowest BCUT2D eigenvalue weighted by atomic mass is 9.86. The number of allylic oxidation sites excluding steroid dienone is 1. The van der Waals surface area contributed by atoms with E-state index in [1.54, 1.807) is 6.07 Å². The van der Waals surface area contributed by atoms with Crippen LogP contribution in [0.1, 0.15) is 31.7 Å². The maximum Gasteiger partial charge on any atom is 0.340 e. The zero-order valence-electron chi connectivity index (χ0n) is 12.2. The van der Waals surface area contributed by atoms with Crippen LogP contribution in [0.2, 0.25) is 0 Å². The van der Waals surface area contributed by atoms with Crippen LogP contribution in [0.4, 0.5) is 0 Å². The van der Waals surface area contributed by atoms with Gasteiger partial charge in [-0.2, -0.15) is 0 Å². The summed E-state index contributed by atoms with van der Waals surface area (Å²) in [6, 6.07) is 7.51. The number of Topliss-reactive ketones (excluding diaryl/α,β-unsaturated/α-hetero) is 1. The first kappa shape index (κ1) is 14.0. The van der Waals surface area contributed by atoms with Gasteiger partial charge in [-0.1, -0.05) is 30.4 Å². The molecule has 110 valence electrons. The molecule has 0 spiro atoms. The van der Waals surface area contributed by atoms with Crippen molar-refractivity contribution in [3.8, 4) is 5.75 Å². The Bertz CT molecular complexity index is 608. The van der Waals surface area contributed by atoms with E-state index in [9.17, 15) is 9.59 Å². The van der Waals surface area contributed by atoms with Crippen LogP contribution in [0.5, 0.6) is 5.75 Å². The van der Waals surface area contributed by atoms with Crippen LogP contribution in [0.3, 0.4) is 0 Å². The summed E-state index contributed by atoms with van der Waals surface area (Å²) < 4.78 is 5.55. The summed E-state index contributed by atoms with van der Waals surface area (Å²) in [5, 5.41) is 0. The van der Waals surface area contributed by atoms with Gasteiger partial charge in [0.05, 0.1) is 0 Å². The Morgan fingerprint density at radius 3 is 2.90 bits per heavy atom. The van der Waals surface area contributed by atoms with Gasteiger partial charge in [-0.3, -0.25) is 9.69 Å². The van der Waals surface area contributed by atoms with Crippen LogP contribution < -0.4 is 4.74 Å². The van der Waals surface area contributed by atoms with E-state index in [0.29, 0.717) is 25.3 Å². The second-order valence-electron chi connectivity index (χ2n) is 5.65. The molecule has 0 radical (unpaired) electrons. The molecular weight excluding hydrogens is 266 g/mol. The molecule has 0 amide bonds. The predicted octanol–water partition coefficient (Wildman–Crippen LogP) is 2.48. The number of nitrogens with zero attached hydrogens (tertiary/aromatic N) is 1. The first-order valence-electron chi connectivity index (χ1n) is 7.36. The minimum absolute atomic E-state index is 0.146. The Balaban J connectivity index is 2.11. The molecule has 4 heteroatoms. The van der Waals surface area contributed by atoms with Crippen LogP contribution in [0.15, 0.2) is 36.4 Å². The predicted molar refractivity (Wildman–Crippen MR) is 78.9 cm³/mol. The zero-order chi connectivity index (χ0) is 14.9. The van der Waals surface area contributed by atoms with Gasteiger partial charge in [0.25, 0.3) is 0 Å². The number of benzene rings is 1. The van der Waals surface area contributed by atoms with Gasteiger partial charge in [-0.15, -0.1) is 0 Å². The zero-order valence-corrected chi connectivity index (χ0v) is 12.2. The Morgan fingerprint density at radius 1 is 1.29 bits per heavy atom. The van der Waals surface area contributed by atoms with Gasteiger partial charge in [0.1, 0.15) is 5.75 Å². The van der Waals surface area contributed by atoms with Crippen molar-refractivity contribution in [2.45, 2.75) is 38.3 Å². The molecule has 0 saturated carbocycles. The van der Waals surface area contributed by atoms with Gasteiger partial charge >= 0.3 is 5.97 Å². The fourth-order valence-electron chi connectivity index (χ4n) is 3.15. The van der Waals surface area contributed by atoms with E-state index in [0.717, 1.165) is 18.4 Å². The van der Waals surface area contributed by atoms with Gasteiger partial charge < -0.3 is 4.74 Å². The molecule has 1 unspecified atom stereocenters. The normalized spacial score (nSPS) is 27.4. The molecule has 0 aliphatic carbocycles. The SMILES string of the molecule is CC(=O)C12C/C=C\CCCN1Cc1ccccc1OC2=O. The Kier molecular flexibility index (Phi) is 3.64. The Morgan fingerprint density at radius 2 is 2.10 bits per heavy atom. The number of ketones is 1. The molecule has 1 aromatic carbocycles. The fraction of sp³-hybridized carbons (Fsp3) is 0.412. The van der Waals surface area contributed by atoms with Crippen molar-refractivity contribution in [2.24, 2.45) is 0 Å². The number of para-hydroxylation sites is 1. The van der Waals surface area contributed by atoms with Crippen molar-refractivity contribution >= 4 is 11.8 Å². The largest absolute Gasteiger partial charge is 0.424 e. The minimum atomic E-state index is -1.18. The molecule has 4 nitrogen and oxygen atoms in total. The minimum Gasteiger partial charge on any atom is -0.424 e. The van der Waals surface area contributed by atoms with Gasteiger partial charge in [-0.25, -0.2) is 4.79 Å². The standard InChI is InChI=1S/C17H19NO3/c1-13(19)17-10-6-2-3-7-11-18(17)12-14-8-4-5-9-15(14)21-16(17)20/h2,4-6,8-9H,3,7,10-12H2,1H3/b6-2-. The van der Waals surface area contributed by atoms with Crippen molar-refractivity contribution in [2.75, 3.05) is 6.54 Å². The van der Waals surface area contributed by atoms with Crippen LogP contribution in [0.25, 0.3) is 0 Å². The number of rotatable bonds is 1. The molecule has 0 aromatic heterocycles. The molecule has 21 heavy (non-hydrogen) atoms. The molecule has 1 atom stereocenters. The lowest BCUT2D eigenvalue weighted by molar-refractivity contribution is -0.154. The summed E-state index contributed by atoms with van der Waals surface area (Å²) >= 11 is 0. The maximum atomic E-state index is 12.7. The summed E-state index contributed by atoms with van der Waals surface area (Å²) in [5.41, 5.74) is -0.228. The highest BCUT2D eigenvalue weighted by molar-refractivity contribution is 6.08. The quantitative estimate of drug-likeness (QED) is 0.344. The molecule has 0 bridgehead atoms. The molecule has 2 aliphatic heterocycles. The van der Waals surface area contributed by atoms with E-state index in [1.165, 1.54) is 6.92 Å². The van der Waals surface area contributed by atoms with Gasteiger partial charge in [0, 0.05) is 25.1 Å². The first-order chi connectivity index (χ1) is 10.1. The van der Waals surface area contributed by atoms with Crippen molar-refractivity contribution < 1.29 is 14.3 Å². The number of fused-ring (bicyclic) bond motifs is 2. The van der Waals surface area contributed by atoms with Gasteiger partial charge in [-0.05, 0) is 25.8 Å². The second kappa shape index (κ2) is 5.45. The van der Waals surface area contributed by atoms with Gasteiger partial charge in [0.15, 0.2) is 11.3 Å². The smallest absolute Gasteiger partial charge is 0.340 e. The molecular formula is C17H19NO3. The summed E-state index contributed by atoms with van der Waals surface area (Å²) in [4.78, 5) is 27.1. The summed E-state index contributed by atoms with van der Waals surface area (Å²) in [6.45, 7) is 2.77. The van der Waals surface area contributed by atoms with E-state index in [1.807, 2.05) is 35.3 Å². The van der Waals surface area contributed by atoms with Gasteiger partial charge in [0.2, 0.25) is 0 Å². The molecule has 0 saturated heterocycles. The van der Waals surface area contributed by atoms with Crippen molar-refractivity contribution in [3.63, 3.8) is 0 Å². The average molecular weight is 285 g/mol. The lowest BCUT2D eigenvalue weighted by Crippen LogP contribution is -2.59. The monoisotopic (exact) mass is 285 g/mol. The van der Waals surface area contributed by atoms with Crippen molar-refractivity contribution in [1.29, 1.82) is 0 Å². The van der Waals surface area contributed by atoms with E-state index in [4.69, 9.17) is 4.74 Å². The van der Waals surface area contributed by atoms with E-state index >= 15 is 0 Å². The van der Waals surface area contributed by atoms with Crippen LogP contribution in [0, 0.1) is 0 Å². The molecule has 0 N–H and O–H groups in total. The molecule has 0 fully saturated rings. The maximum absolute atomic E-state index is 12.7. The number of carbonyl (C=O) groups is 2. The third kappa shape index (κ3) is 2.29. The van der Waals surface area contributed by atoms with E-state index in [-0.39, 0.29) is 5.78 Å². The highest BCUT2D eigenvalue weighted by Gasteiger charge is 2.51. The number of hydrogen-bond donors (Lipinski definition) is 0. The molecule has 3 rings (SSSR count). The summed E-state index contributed by atoms with van der Waals surface area (Å²) in [7, 11) is 0. The van der Waals surface area contributed by atoms with E-state index in [2.05, 4.69) is 0 Å². The lowest BCUT2D eigenvalue weighted by Gasteiger charge is -2.38. The average Bonchev–Trinajstić information content (AvgIpc) is 2.54. The highest BCUT2D eigenvalue weighted by Crippen LogP contribution is 2.34. The number of carbonyl (C=O) groups excluding carboxylic acids is 2. The highest BCUT2D eigenvalue weighted by atomic mass is 16.5. The Hall–Kier alpha value is -1.94. The summed E-state index contributed by atoms with van der Waals surface area (Å²) in [6.07, 6.45) is 6.27. The third-order valence-electron chi connectivity index (χ3n) is 4.38. The second-order valence-corrected chi connectivity index (χ2v) is 5.65. The van der Waals surface area contributed by atoms with E-state index < -0.39 is 11.5 Å². The third-order valence-corrected chi connectivity index (χ3v) is 4.38. The number of esters is 1. The molecule has 1 aromatic rings. The fourth-order valence-corrected chi connectivity index (χ4v) is 3.15. The molecule has 2 heterocycles. The first-order valence-corrected chi connectivity index (χ1v) is 7.36. The molecule has 2 aliphatic rings. The van der Waals surface area contributed by atoms with Crippen molar-refractivity contribution in [1.82, 2.24) is 4.90 Å². The number of hydrogen-bond acceptors (Lipinski definition) is 4. The number of ether oxygens (including phenoxy) is 1. The summed E-state index contributed by atoms with van der Waals surface area (Å²) in [5.74, 6) is -0.0304. The van der Waals surface area contributed by atoms with Crippen LogP contribution in [-0.4, -0.2) is 28.7 Å². The van der Waals surface area contributed by atoms with Crippen molar-refractivity contribution in [3.05, 3.63) is 42.0 Å².